The maximum absolute atomic E-state index is 10.6. The zero-order chi connectivity index (χ0) is 7.98. The molecule has 0 radical (unpaired) electrons. The average molecular weight is 146 g/mol. The van der Waals surface area contributed by atoms with Gasteiger partial charge in [0.2, 0.25) is 0 Å². The van der Waals surface area contributed by atoms with Crippen molar-refractivity contribution in [3.8, 4) is 0 Å². The Morgan fingerprint density at radius 3 is 2.60 bits per heavy atom. The van der Waals surface area contributed by atoms with Crippen molar-refractivity contribution in [3.05, 3.63) is 0 Å². The largest absolute Gasteiger partial charge is 0.436 e. The van der Waals surface area contributed by atoms with Crippen LogP contribution in [0.3, 0.4) is 0 Å². The molecule has 0 aromatic carbocycles. The molecule has 1 atom stereocenters. The van der Waals surface area contributed by atoms with E-state index < -0.39 is 6.29 Å². The van der Waals surface area contributed by atoms with Crippen molar-refractivity contribution >= 4 is 5.97 Å². The van der Waals surface area contributed by atoms with Crippen LogP contribution in [0.5, 0.6) is 0 Å². The number of carbonyl (C=O) groups excluding carboxylic acids is 1. The maximum atomic E-state index is 10.6. The molecular weight excluding hydrogens is 132 g/mol. The molecule has 0 bridgehead atoms. The predicted octanol–water partition coefficient (Wildman–Crippen LogP) is 1.06. The predicted molar refractivity (Wildman–Crippen MR) is 37.3 cm³/mol. The molecule has 10 heavy (non-hydrogen) atoms. The molecule has 0 amide bonds. The van der Waals surface area contributed by atoms with E-state index in [9.17, 15) is 4.79 Å². The molecule has 3 heteroatoms. The van der Waals surface area contributed by atoms with Crippen LogP contribution in [-0.2, 0) is 9.53 Å². The fourth-order valence-electron chi connectivity index (χ4n) is 0.498. The van der Waals surface area contributed by atoms with Gasteiger partial charge in [-0.3, -0.25) is 4.79 Å². The van der Waals surface area contributed by atoms with Gasteiger partial charge in [-0.2, -0.15) is 0 Å². The van der Waals surface area contributed by atoms with E-state index in [1.807, 2.05) is 6.92 Å². The highest BCUT2D eigenvalue weighted by Gasteiger charge is 2.06. The number of rotatable bonds is 4. The number of carbonyl (C=O) groups is 1. The third-order valence-corrected chi connectivity index (χ3v) is 1.07. The molecule has 0 aliphatic carbocycles. The second-order valence-electron chi connectivity index (χ2n) is 2.10. The Labute approximate surface area is 61.0 Å². The smallest absolute Gasteiger partial charge is 0.308 e. The van der Waals surface area contributed by atoms with E-state index in [2.05, 4.69) is 4.74 Å². The SMILES string of the molecule is CCCC(=O)OC(O)CC. The normalized spacial score (nSPS) is 12.7. The summed E-state index contributed by atoms with van der Waals surface area (Å²) in [5.41, 5.74) is 0. The van der Waals surface area contributed by atoms with Crippen LogP contribution in [0, 0.1) is 0 Å². The molecule has 0 aromatic rings. The first kappa shape index (κ1) is 9.43. The first-order chi connectivity index (χ1) is 4.70. The highest BCUT2D eigenvalue weighted by atomic mass is 16.6. The summed E-state index contributed by atoms with van der Waals surface area (Å²) in [6.45, 7) is 3.64. The monoisotopic (exact) mass is 146 g/mol. The van der Waals surface area contributed by atoms with Crippen molar-refractivity contribution < 1.29 is 14.6 Å². The first-order valence-electron chi connectivity index (χ1n) is 3.58. The van der Waals surface area contributed by atoms with Crippen LogP contribution in [0.4, 0.5) is 0 Å². The molecule has 1 unspecified atom stereocenters. The number of aliphatic hydroxyl groups is 1. The third-order valence-electron chi connectivity index (χ3n) is 1.07. The molecule has 0 saturated heterocycles. The van der Waals surface area contributed by atoms with Crippen LogP contribution in [0.25, 0.3) is 0 Å². The number of esters is 1. The number of ether oxygens (including phenoxy) is 1. The molecule has 0 rings (SSSR count). The first-order valence-corrected chi connectivity index (χ1v) is 3.58. The lowest BCUT2D eigenvalue weighted by atomic mass is 10.3. The van der Waals surface area contributed by atoms with Crippen molar-refractivity contribution in [2.24, 2.45) is 0 Å². The maximum Gasteiger partial charge on any atom is 0.308 e. The van der Waals surface area contributed by atoms with E-state index in [0.717, 1.165) is 6.42 Å². The molecule has 0 heterocycles. The highest BCUT2D eigenvalue weighted by Crippen LogP contribution is 1.97. The minimum Gasteiger partial charge on any atom is -0.436 e. The molecule has 60 valence electrons. The van der Waals surface area contributed by atoms with Gasteiger partial charge < -0.3 is 9.84 Å². The van der Waals surface area contributed by atoms with Crippen LogP contribution < -0.4 is 0 Å². The summed E-state index contributed by atoms with van der Waals surface area (Å²) < 4.78 is 4.56. The van der Waals surface area contributed by atoms with E-state index in [4.69, 9.17) is 5.11 Å². The molecule has 0 spiro atoms. The quantitative estimate of drug-likeness (QED) is 0.476. The Balaban J connectivity index is 3.37. The Morgan fingerprint density at radius 1 is 1.60 bits per heavy atom. The van der Waals surface area contributed by atoms with E-state index >= 15 is 0 Å². The fraction of sp³-hybridized carbons (Fsp3) is 0.857. The van der Waals surface area contributed by atoms with Gasteiger partial charge in [0.15, 0.2) is 6.29 Å². The summed E-state index contributed by atoms with van der Waals surface area (Å²) in [7, 11) is 0. The van der Waals surface area contributed by atoms with Gasteiger partial charge in [0, 0.05) is 12.8 Å². The molecule has 0 saturated carbocycles. The molecule has 0 aliphatic rings. The number of hydrogen-bond donors (Lipinski definition) is 1. The van der Waals surface area contributed by atoms with Crippen LogP contribution in [-0.4, -0.2) is 17.4 Å². The zero-order valence-electron chi connectivity index (χ0n) is 6.46. The third kappa shape index (κ3) is 4.32. The molecule has 1 N–H and O–H groups in total. The number of aliphatic hydroxyl groups excluding tert-OH is 1. The molecule has 0 aliphatic heterocycles. The van der Waals surface area contributed by atoms with Crippen molar-refractivity contribution in [3.63, 3.8) is 0 Å². The molecule has 3 nitrogen and oxygen atoms in total. The van der Waals surface area contributed by atoms with Crippen LogP contribution in [0.15, 0.2) is 0 Å². The second kappa shape index (κ2) is 5.23. The summed E-state index contributed by atoms with van der Waals surface area (Å²) in [6.07, 6.45) is 0.681. The van der Waals surface area contributed by atoms with E-state index in [0.29, 0.717) is 12.8 Å². The zero-order valence-corrected chi connectivity index (χ0v) is 6.46. The Hall–Kier alpha value is -0.570. The van der Waals surface area contributed by atoms with Gasteiger partial charge in [-0.05, 0) is 6.42 Å². The van der Waals surface area contributed by atoms with Gasteiger partial charge in [-0.1, -0.05) is 13.8 Å². The number of hydrogen-bond acceptors (Lipinski definition) is 3. The lowest BCUT2D eigenvalue weighted by molar-refractivity contribution is -0.168. The standard InChI is InChI=1S/C7H14O3/c1-3-5-7(9)10-6(8)4-2/h6,8H,3-5H2,1-2H3. The minimum atomic E-state index is -0.918. The topological polar surface area (TPSA) is 46.5 Å². The van der Waals surface area contributed by atoms with E-state index in [1.54, 1.807) is 6.92 Å². The Morgan fingerprint density at radius 2 is 2.20 bits per heavy atom. The average Bonchev–Trinajstić information content (AvgIpc) is 1.88. The second-order valence-corrected chi connectivity index (χ2v) is 2.10. The van der Waals surface area contributed by atoms with Gasteiger partial charge in [-0.25, -0.2) is 0 Å². The van der Waals surface area contributed by atoms with Gasteiger partial charge in [0.1, 0.15) is 0 Å². The van der Waals surface area contributed by atoms with Gasteiger partial charge in [-0.15, -0.1) is 0 Å². The fourth-order valence-corrected chi connectivity index (χ4v) is 0.498. The molecular formula is C7H14O3. The van der Waals surface area contributed by atoms with Crippen molar-refractivity contribution in [2.75, 3.05) is 0 Å². The van der Waals surface area contributed by atoms with Gasteiger partial charge in [0.25, 0.3) is 0 Å². The minimum absolute atomic E-state index is 0.322. The van der Waals surface area contributed by atoms with E-state index in [1.165, 1.54) is 0 Å². The molecule has 0 fully saturated rings. The van der Waals surface area contributed by atoms with Crippen molar-refractivity contribution in [1.29, 1.82) is 0 Å². The molecule has 0 aromatic heterocycles. The summed E-state index contributed by atoms with van der Waals surface area (Å²) in [6, 6.07) is 0. The van der Waals surface area contributed by atoms with E-state index in [-0.39, 0.29) is 5.97 Å². The summed E-state index contributed by atoms with van der Waals surface area (Å²) >= 11 is 0. The van der Waals surface area contributed by atoms with Crippen LogP contribution >= 0.6 is 0 Å². The van der Waals surface area contributed by atoms with Crippen LogP contribution in [0.1, 0.15) is 33.1 Å². The lowest BCUT2D eigenvalue weighted by Gasteiger charge is -2.07. The van der Waals surface area contributed by atoms with Gasteiger partial charge in [0.05, 0.1) is 0 Å². The highest BCUT2D eigenvalue weighted by molar-refractivity contribution is 5.69. The summed E-state index contributed by atoms with van der Waals surface area (Å²) in [5.74, 6) is -0.322. The van der Waals surface area contributed by atoms with Crippen LogP contribution in [0.2, 0.25) is 0 Å². The summed E-state index contributed by atoms with van der Waals surface area (Å²) in [4.78, 5) is 10.6. The summed E-state index contributed by atoms with van der Waals surface area (Å²) in [5, 5.41) is 8.81. The van der Waals surface area contributed by atoms with Crippen molar-refractivity contribution in [1.82, 2.24) is 0 Å². The Kier molecular flexibility index (Phi) is 4.94. The Bertz CT molecular complexity index is 101. The van der Waals surface area contributed by atoms with Gasteiger partial charge >= 0.3 is 5.97 Å². The lowest BCUT2D eigenvalue weighted by Crippen LogP contribution is -2.15. The van der Waals surface area contributed by atoms with Crippen molar-refractivity contribution in [2.45, 2.75) is 39.4 Å².